The van der Waals surface area contributed by atoms with Crippen molar-refractivity contribution in [3.05, 3.63) is 11.1 Å². The number of carbonyl (C=O) groups is 1. The molecule has 0 spiro atoms. The topological polar surface area (TPSA) is 50.1 Å². The van der Waals surface area contributed by atoms with Crippen LogP contribution < -0.4 is 0 Å². The Balaban J connectivity index is 4.69. The Morgan fingerprint density at radius 1 is 1.64 bits per heavy atom. The van der Waals surface area contributed by atoms with Crippen molar-refractivity contribution in [3.8, 4) is 6.07 Å². The van der Waals surface area contributed by atoms with Crippen LogP contribution in [0.1, 0.15) is 20.3 Å². The molecule has 60 valence electrons. The summed E-state index contributed by atoms with van der Waals surface area (Å²) in [5.41, 5.74) is 0.884. The molecule has 0 aromatic rings. The minimum Gasteiger partial charge on any atom is -0.465 e. The van der Waals surface area contributed by atoms with E-state index in [1.807, 2.05) is 13.0 Å². The lowest BCUT2D eigenvalue weighted by Crippen LogP contribution is -2.04. The lowest BCUT2D eigenvalue weighted by Gasteiger charge is -1.99. The monoisotopic (exact) mass is 153 g/mol. The van der Waals surface area contributed by atoms with E-state index in [0.29, 0.717) is 6.42 Å². The van der Waals surface area contributed by atoms with Crippen LogP contribution in [0.4, 0.5) is 0 Å². The summed E-state index contributed by atoms with van der Waals surface area (Å²) in [6.07, 6.45) is 0.692. The predicted octanol–water partition coefficient (Wildman–Crippen LogP) is 1.41. The van der Waals surface area contributed by atoms with Gasteiger partial charge in [0.15, 0.2) is 0 Å². The number of nitrogens with zero attached hydrogens (tertiary/aromatic N) is 1. The van der Waals surface area contributed by atoms with Crippen molar-refractivity contribution in [3.63, 3.8) is 0 Å². The third-order valence-electron chi connectivity index (χ3n) is 1.46. The molecular formula is C8H11NO2. The Bertz CT molecular complexity index is 223. The average Bonchev–Trinajstić information content (AvgIpc) is 2.05. The van der Waals surface area contributed by atoms with E-state index < -0.39 is 5.97 Å². The number of carbonyl (C=O) groups excluding carboxylic acids is 1. The molecule has 0 aliphatic carbocycles. The molecule has 0 N–H and O–H groups in total. The zero-order valence-electron chi connectivity index (χ0n) is 6.97. The molecule has 3 heteroatoms. The molecule has 0 unspecified atom stereocenters. The van der Waals surface area contributed by atoms with Gasteiger partial charge in [0.1, 0.15) is 11.6 Å². The fourth-order valence-electron chi connectivity index (χ4n) is 0.594. The van der Waals surface area contributed by atoms with E-state index in [1.54, 1.807) is 6.92 Å². The highest BCUT2D eigenvalue weighted by Crippen LogP contribution is 2.07. The second kappa shape index (κ2) is 4.51. The first-order chi connectivity index (χ1) is 5.17. The molecular weight excluding hydrogens is 142 g/mol. The molecule has 0 aliphatic heterocycles. The number of esters is 1. The van der Waals surface area contributed by atoms with E-state index in [-0.39, 0.29) is 5.57 Å². The van der Waals surface area contributed by atoms with Crippen molar-refractivity contribution in [2.45, 2.75) is 20.3 Å². The highest BCUT2D eigenvalue weighted by Gasteiger charge is 2.10. The molecule has 11 heavy (non-hydrogen) atoms. The number of hydrogen-bond acceptors (Lipinski definition) is 3. The highest BCUT2D eigenvalue weighted by molar-refractivity contribution is 5.93. The average molecular weight is 153 g/mol. The number of allylic oxidation sites excluding steroid dienone is 1. The molecule has 0 saturated heterocycles. The first-order valence-electron chi connectivity index (χ1n) is 3.35. The van der Waals surface area contributed by atoms with Gasteiger partial charge in [0, 0.05) is 0 Å². The molecule has 0 bridgehead atoms. The van der Waals surface area contributed by atoms with Crippen molar-refractivity contribution in [2.75, 3.05) is 7.11 Å². The maximum atomic E-state index is 10.8. The fraction of sp³-hybridized carbons (Fsp3) is 0.500. The van der Waals surface area contributed by atoms with Crippen molar-refractivity contribution in [1.29, 1.82) is 5.26 Å². The first-order valence-corrected chi connectivity index (χ1v) is 3.35. The summed E-state index contributed by atoms with van der Waals surface area (Å²) in [5.74, 6) is -0.549. The Morgan fingerprint density at radius 3 is 2.45 bits per heavy atom. The third kappa shape index (κ3) is 2.42. The van der Waals surface area contributed by atoms with Gasteiger partial charge in [-0.05, 0) is 18.9 Å². The number of rotatable bonds is 2. The van der Waals surface area contributed by atoms with Crippen molar-refractivity contribution in [1.82, 2.24) is 0 Å². The largest absolute Gasteiger partial charge is 0.465 e. The molecule has 0 saturated carbocycles. The van der Waals surface area contributed by atoms with Crippen LogP contribution in [0, 0.1) is 11.3 Å². The second-order valence-corrected chi connectivity index (χ2v) is 2.11. The summed E-state index contributed by atoms with van der Waals surface area (Å²) in [6.45, 7) is 3.63. The van der Waals surface area contributed by atoms with E-state index in [1.165, 1.54) is 7.11 Å². The van der Waals surface area contributed by atoms with Crippen LogP contribution in [0.15, 0.2) is 11.1 Å². The van der Waals surface area contributed by atoms with Gasteiger partial charge >= 0.3 is 5.97 Å². The Kier molecular flexibility index (Phi) is 3.97. The van der Waals surface area contributed by atoms with Crippen LogP contribution in [-0.4, -0.2) is 13.1 Å². The van der Waals surface area contributed by atoms with Crippen LogP contribution >= 0.6 is 0 Å². The number of hydrogen-bond donors (Lipinski definition) is 0. The van der Waals surface area contributed by atoms with Crippen molar-refractivity contribution < 1.29 is 9.53 Å². The summed E-state index contributed by atoms with van der Waals surface area (Å²) < 4.78 is 4.41. The lowest BCUT2D eigenvalue weighted by atomic mass is 10.1. The molecule has 0 heterocycles. The summed E-state index contributed by atoms with van der Waals surface area (Å²) in [7, 11) is 1.27. The fourth-order valence-corrected chi connectivity index (χ4v) is 0.594. The zero-order chi connectivity index (χ0) is 8.85. The molecule has 0 atom stereocenters. The van der Waals surface area contributed by atoms with Gasteiger partial charge in [0.2, 0.25) is 0 Å². The molecule has 0 aliphatic rings. The summed E-state index contributed by atoms with van der Waals surface area (Å²) >= 11 is 0. The first kappa shape index (κ1) is 9.70. The third-order valence-corrected chi connectivity index (χ3v) is 1.46. The van der Waals surface area contributed by atoms with Crippen LogP contribution in [0.3, 0.4) is 0 Å². The van der Waals surface area contributed by atoms with Gasteiger partial charge in [-0.1, -0.05) is 6.92 Å². The molecule has 0 aromatic carbocycles. The Labute approximate surface area is 66.3 Å². The van der Waals surface area contributed by atoms with Crippen LogP contribution in [0.5, 0.6) is 0 Å². The van der Waals surface area contributed by atoms with Gasteiger partial charge in [-0.25, -0.2) is 4.79 Å². The van der Waals surface area contributed by atoms with Gasteiger partial charge in [-0.2, -0.15) is 5.26 Å². The molecule has 3 nitrogen and oxygen atoms in total. The molecule has 0 aromatic heterocycles. The highest BCUT2D eigenvalue weighted by atomic mass is 16.5. The van der Waals surface area contributed by atoms with Gasteiger partial charge in [-0.3, -0.25) is 0 Å². The summed E-state index contributed by atoms with van der Waals surface area (Å²) in [4.78, 5) is 10.8. The smallest absolute Gasteiger partial charge is 0.348 e. The van der Waals surface area contributed by atoms with Gasteiger partial charge in [-0.15, -0.1) is 0 Å². The Morgan fingerprint density at radius 2 is 2.18 bits per heavy atom. The van der Waals surface area contributed by atoms with Crippen molar-refractivity contribution >= 4 is 5.97 Å². The summed E-state index contributed by atoms with van der Waals surface area (Å²) in [5, 5.41) is 8.52. The number of nitriles is 1. The van der Waals surface area contributed by atoms with Gasteiger partial charge < -0.3 is 4.74 Å². The number of methoxy groups -OCH3 is 1. The van der Waals surface area contributed by atoms with Gasteiger partial charge in [0.25, 0.3) is 0 Å². The van der Waals surface area contributed by atoms with E-state index >= 15 is 0 Å². The number of ether oxygens (including phenoxy) is 1. The van der Waals surface area contributed by atoms with Crippen LogP contribution in [-0.2, 0) is 9.53 Å². The molecule has 0 fully saturated rings. The minimum atomic E-state index is -0.549. The molecule has 0 amide bonds. The van der Waals surface area contributed by atoms with Crippen molar-refractivity contribution in [2.24, 2.45) is 0 Å². The standard InChI is InChI=1S/C8H11NO2/c1-4-6(2)7(5-9)8(10)11-3/h4H2,1-3H3/b7-6-. The van der Waals surface area contributed by atoms with Crippen LogP contribution in [0.2, 0.25) is 0 Å². The quantitative estimate of drug-likeness (QED) is 0.342. The lowest BCUT2D eigenvalue weighted by molar-refractivity contribution is -0.135. The summed E-state index contributed by atoms with van der Waals surface area (Å²) in [6, 6.07) is 1.81. The predicted molar refractivity (Wildman–Crippen MR) is 40.6 cm³/mol. The van der Waals surface area contributed by atoms with E-state index in [4.69, 9.17) is 5.26 Å². The minimum absolute atomic E-state index is 0.120. The van der Waals surface area contributed by atoms with Crippen LogP contribution in [0.25, 0.3) is 0 Å². The SMILES string of the molecule is CC/C(C)=C(/C#N)C(=O)OC. The normalized spacial score (nSPS) is 11.5. The molecule has 0 rings (SSSR count). The van der Waals surface area contributed by atoms with E-state index in [9.17, 15) is 4.79 Å². The van der Waals surface area contributed by atoms with Gasteiger partial charge in [0.05, 0.1) is 7.11 Å². The zero-order valence-corrected chi connectivity index (χ0v) is 6.97. The maximum Gasteiger partial charge on any atom is 0.348 e. The van der Waals surface area contributed by atoms with E-state index in [2.05, 4.69) is 4.74 Å². The maximum absolute atomic E-state index is 10.8. The second-order valence-electron chi connectivity index (χ2n) is 2.11. The van der Waals surface area contributed by atoms with E-state index in [0.717, 1.165) is 5.57 Å². The molecule has 0 radical (unpaired) electrons. The Hall–Kier alpha value is -1.30.